The number of nitrogens with one attached hydrogen (secondary N) is 2. The van der Waals surface area contributed by atoms with Crippen molar-refractivity contribution in [3.05, 3.63) is 59.7 Å². The summed E-state index contributed by atoms with van der Waals surface area (Å²) >= 11 is 1.24. The highest BCUT2D eigenvalue weighted by molar-refractivity contribution is 8.15. The fourth-order valence-electron chi connectivity index (χ4n) is 4.06. The third kappa shape index (κ3) is 5.67. The summed E-state index contributed by atoms with van der Waals surface area (Å²) in [6, 6.07) is 14.3. The predicted molar refractivity (Wildman–Crippen MR) is 145 cm³/mol. The molecule has 188 valence electrons. The van der Waals surface area contributed by atoms with E-state index in [9.17, 15) is 14.4 Å². The van der Waals surface area contributed by atoms with E-state index in [1.165, 1.54) is 16.7 Å². The number of hydrogen-bond acceptors (Lipinski definition) is 6. The minimum absolute atomic E-state index is 0.0201. The van der Waals surface area contributed by atoms with Crippen molar-refractivity contribution in [2.24, 2.45) is 9.98 Å². The molecule has 2 atom stereocenters. The van der Waals surface area contributed by atoms with Crippen LogP contribution in [0.15, 0.2) is 58.5 Å². The second-order valence-corrected chi connectivity index (χ2v) is 10.0. The van der Waals surface area contributed by atoms with Crippen LogP contribution in [0.5, 0.6) is 0 Å². The molecule has 0 unspecified atom stereocenters. The number of amidine groups is 2. The predicted octanol–water partition coefficient (Wildman–Crippen LogP) is 4.41. The summed E-state index contributed by atoms with van der Waals surface area (Å²) in [5.41, 5.74) is 3.20. The lowest BCUT2D eigenvalue weighted by molar-refractivity contribution is -0.128. The Morgan fingerprint density at radius 3 is 2.69 bits per heavy atom. The van der Waals surface area contributed by atoms with Crippen molar-refractivity contribution in [1.82, 2.24) is 10.2 Å². The largest absolute Gasteiger partial charge is 0.356 e. The number of amides is 3. The maximum absolute atomic E-state index is 13.4. The molecule has 8 nitrogen and oxygen atoms in total. The fraction of sp³-hybridized carbons (Fsp3) is 0.370. The van der Waals surface area contributed by atoms with Crippen LogP contribution in [0.2, 0.25) is 0 Å². The van der Waals surface area contributed by atoms with E-state index < -0.39 is 11.3 Å². The molecule has 2 aromatic carbocycles. The zero-order chi connectivity index (χ0) is 25.7. The van der Waals surface area contributed by atoms with Gasteiger partial charge in [-0.1, -0.05) is 56.3 Å². The highest BCUT2D eigenvalue weighted by Crippen LogP contribution is 2.35. The topological polar surface area (TPSA) is 103 Å². The Bertz CT molecular complexity index is 1230. The maximum atomic E-state index is 13.4. The zero-order valence-electron chi connectivity index (χ0n) is 20.8. The van der Waals surface area contributed by atoms with E-state index in [1.807, 2.05) is 62.4 Å². The monoisotopic (exact) mass is 505 g/mol. The third-order valence-corrected chi connectivity index (χ3v) is 7.29. The zero-order valence-corrected chi connectivity index (χ0v) is 21.6. The first kappa shape index (κ1) is 25.6. The van der Waals surface area contributed by atoms with Gasteiger partial charge in [-0.3, -0.25) is 19.4 Å². The Hall–Kier alpha value is -3.46. The molecule has 0 spiro atoms. The number of rotatable bonds is 9. The molecule has 36 heavy (non-hydrogen) atoms. The molecule has 0 saturated carbocycles. The molecule has 2 N–H and O–H groups in total. The Labute approximate surface area is 215 Å². The normalized spacial score (nSPS) is 17.0. The van der Waals surface area contributed by atoms with Crippen LogP contribution in [0.1, 0.15) is 50.7 Å². The van der Waals surface area contributed by atoms with Crippen molar-refractivity contribution in [1.29, 1.82) is 0 Å². The summed E-state index contributed by atoms with van der Waals surface area (Å²) in [6.07, 6.45) is 2.38. The number of benzene rings is 2. The van der Waals surface area contributed by atoms with Crippen LogP contribution < -0.4 is 10.6 Å². The number of para-hydroxylation sites is 1. The first-order valence-corrected chi connectivity index (χ1v) is 13.2. The first-order chi connectivity index (χ1) is 17.4. The summed E-state index contributed by atoms with van der Waals surface area (Å²) in [6.45, 7) is 6.53. The standard InChI is InChI=1S/C27H31N5O3S/c1-4-6-14-28-23(33)16-21-26(35)32-24(30-21)19-12-7-8-13-20(19)31-27(32)36-22(5-2)25(34)29-18-11-9-10-17(3)15-18/h7-13,15,21-22H,4-6,14,16H2,1-3H3,(H,28,33)(H,29,34)/t21-,22-/m0/s1. The van der Waals surface area contributed by atoms with Gasteiger partial charge in [0.1, 0.15) is 11.9 Å². The van der Waals surface area contributed by atoms with Gasteiger partial charge in [0.05, 0.1) is 17.4 Å². The van der Waals surface area contributed by atoms with E-state index in [1.54, 1.807) is 0 Å². The number of thioether (sulfide) groups is 1. The quantitative estimate of drug-likeness (QED) is 0.493. The molecule has 9 heteroatoms. The lowest BCUT2D eigenvalue weighted by Gasteiger charge is -2.27. The van der Waals surface area contributed by atoms with Gasteiger partial charge < -0.3 is 10.6 Å². The number of carbonyl (C=O) groups is 3. The number of unbranched alkanes of at least 4 members (excludes halogenated alkanes) is 1. The third-order valence-electron chi connectivity index (χ3n) is 5.98. The summed E-state index contributed by atoms with van der Waals surface area (Å²) in [7, 11) is 0. The van der Waals surface area contributed by atoms with Crippen LogP contribution in [-0.2, 0) is 14.4 Å². The fourth-order valence-corrected chi connectivity index (χ4v) is 5.08. The highest BCUT2D eigenvalue weighted by atomic mass is 32.2. The molecule has 4 rings (SSSR count). The van der Waals surface area contributed by atoms with Gasteiger partial charge >= 0.3 is 0 Å². The van der Waals surface area contributed by atoms with E-state index in [0.717, 1.165) is 29.7 Å². The minimum atomic E-state index is -0.820. The van der Waals surface area contributed by atoms with Crippen molar-refractivity contribution < 1.29 is 14.4 Å². The Morgan fingerprint density at radius 2 is 1.94 bits per heavy atom. The van der Waals surface area contributed by atoms with Crippen LogP contribution in [0, 0.1) is 6.92 Å². The second kappa shape index (κ2) is 11.5. The van der Waals surface area contributed by atoms with Crippen molar-refractivity contribution >= 4 is 51.9 Å². The molecule has 2 aromatic rings. The molecular formula is C27H31N5O3S. The van der Waals surface area contributed by atoms with Gasteiger partial charge in [-0.25, -0.2) is 9.89 Å². The molecule has 2 aliphatic rings. The summed E-state index contributed by atoms with van der Waals surface area (Å²) in [5.74, 6) is -0.181. The van der Waals surface area contributed by atoms with E-state index in [4.69, 9.17) is 4.99 Å². The van der Waals surface area contributed by atoms with Crippen molar-refractivity contribution in [3.63, 3.8) is 0 Å². The van der Waals surface area contributed by atoms with Crippen molar-refractivity contribution in [2.75, 3.05) is 11.9 Å². The Kier molecular flexibility index (Phi) is 8.20. The Morgan fingerprint density at radius 1 is 1.14 bits per heavy atom. The van der Waals surface area contributed by atoms with Crippen LogP contribution in [0.25, 0.3) is 0 Å². The molecule has 0 bridgehead atoms. The molecule has 2 aliphatic heterocycles. The van der Waals surface area contributed by atoms with Gasteiger partial charge in [-0.2, -0.15) is 0 Å². The summed E-state index contributed by atoms with van der Waals surface area (Å²) in [5, 5.41) is 5.76. The molecule has 0 radical (unpaired) electrons. The molecule has 0 aromatic heterocycles. The number of carbonyl (C=O) groups excluding carboxylic acids is 3. The van der Waals surface area contributed by atoms with E-state index in [0.29, 0.717) is 29.7 Å². The van der Waals surface area contributed by atoms with Gasteiger partial charge in [-0.05, 0) is 49.6 Å². The smallest absolute Gasteiger partial charge is 0.259 e. The number of fused-ring (bicyclic) bond motifs is 3. The van der Waals surface area contributed by atoms with Crippen molar-refractivity contribution in [2.45, 2.75) is 57.7 Å². The number of anilines is 1. The van der Waals surface area contributed by atoms with Gasteiger partial charge in [-0.15, -0.1) is 0 Å². The van der Waals surface area contributed by atoms with Crippen LogP contribution in [0.3, 0.4) is 0 Å². The van der Waals surface area contributed by atoms with Gasteiger partial charge in [0.2, 0.25) is 11.8 Å². The van der Waals surface area contributed by atoms with E-state index in [2.05, 4.69) is 22.5 Å². The molecule has 2 heterocycles. The maximum Gasteiger partial charge on any atom is 0.259 e. The molecule has 0 saturated heterocycles. The van der Waals surface area contributed by atoms with Crippen LogP contribution in [0.4, 0.5) is 11.4 Å². The van der Waals surface area contributed by atoms with Gasteiger partial charge in [0.25, 0.3) is 5.91 Å². The van der Waals surface area contributed by atoms with E-state index >= 15 is 0 Å². The Balaban J connectivity index is 1.56. The average molecular weight is 506 g/mol. The molecule has 0 fully saturated rings. The lowest BCUT2D eigenvalue weighted by Crippen LogP contribution is -2.43. The van der Waals surface area contributed by atoms with Gasteiger partial charge in [0, 0.05) is 17.8 Å². The molecular weight excluding hydrogens is 474 g/mol. The van der Waals surface area contributed by atoms with E-state index in [-0.39, 0.29) is 24.1 Å². The molecule has 0 aliphatic carbocycles. The minimum Gasteiger partial charge on any atom is -0.356 e. The first-order valence-electron chi connectivity index (χ1n) is 12.3. The molecule has 3 amide bonds. The number of aryl methyl sites for hydroxylation is 1. The number of nitrogens with zero attached hydrogens (tertiary/aromatic N) is 3. The lowest BCUT2D eigenvalue weighted by atomic mass is 10.1. The second-order valence-electron chi connectivity index (χ2n) is 8.83. The SMILES string of the molecule is CCCCNC(=O)C[C@@H]1N=C2c3ccccc3N=C(S[C@@H](CC)C(=O)Nc3cccc(C)c3)N2C1=O. The summed E-state index contributed by atoms with van der Waals surface area (Å²) in [4.78, 5) is 49.8. The number of hydrogen-bond donors (Lipinski definition) is 2. The average Bonchev–Trinajstić information content (AvgIpc) is 3.18. The van der Waals surface area contributed by atoms with Crippen LogP contribution in [-0.4, -0.2) is 51.5 Å². The summed E-state index contributed by atoms with van der Waals surface area (Å²) < 4.78 is 0. The van der Waals surface area contributed by atoms with Gasteiger partial charge in [0.15, 0.2) is 5.17 Å². The number of aliphatic imine (C=N–C) groups is 2. The van der Waals surface area contributed by atoms with Crippen LogP contribution >= 0.6 is 11.8 Å². The van der Waals surface area contributed by atoms with Crippen molar-refractivity contribution in [3.8, 4) is 0 Å². The highest BCUT2D eigenvalue weighted by Gasteiger charge is 2.43.